The first-order valence-electron chi connectivity index (χ1n) is 7.26. The molecule has 0 aromatic carbocycles. The molecule has 3 N–H and O–H groups in total. The largest absolute Gasteiger partial charge is 0.475 e. The summed E-state index contributed by atoms with van der Waals surface area (Å²) < 4.78 is 5.31. The number of aliphatic hydroxyl groups is 1. The first-order chi connectivity index (χ1) is 9.61. The standard InChI is InChI=1S/C15H23NO4/c1-10-6-13(20-14(10)15(18)19)8-16-7-11-4-2-3-5-12(11)9-17/h6,11-12,16-17H,2-5,7-9H2,1H3,(H,18,19). The van der Waals surface area contributed by atoms with Crippen molar-refractivity contribution in [3.8, 4) is 0 Å². The minimum atomic E-state index is -1.03. The van der Waals surface area contributed by atoms with Gasteiger partial charge in [-0.05, 0) is 44.2 Å². The van der Waals surface area contributed by atoms with Gasteiger partial charge in [0.25, 0.3) is 0 Å². The molecule has 0 saturated heterocycles. The van der Waals surface area contributed by atoms with Crippen molar-refractivity contribution in [2.45, 2.75) is 39.2 Å². The topological polar surface area (TPSA) is 82.7 Å². The zero-order valence-corrected chi connectivity index (χ0v) is 11.9. The molecule has 1 aliphatic rings. The quantitative estimate of drug-likeness (QED) is 0.744. The lowest BCUT2D eigenvalue weighted by atomic mass is 9.79. The van der Waals surface area contributed by atoms with Gasteiger partial charge < -0.3 is 19.9 Å². The maximum absolute atomic E-state index is 10.9. The van der Waals surface area contributed by atoms with Crippen LogP contribution in [0.1, 0.15) is 47.6 Å². The van der Waals surface area contributed by atoms with Gasteiger partial charge in [0.15, 0.2) is 0 Å². The van der Waals surface area contributed by atoms with E-state index < -0.39 is 5.97 Å². The summed E-state index contributed by atoms with van der Waals surface area (Å²) in [5.74, 6) is 0.540. The van der Waals surface area contributed by atoms with E-state index in [1.54, 1.807) is 13.0 Å². The molecule has 0 bridgehead atoms. The van der Waals surface area contributed by atoms with Gasteiger partial charge in [0, 0.05) is 12.2 Å². The molecule has 1 saturated carbocycles. The highest BCUT2D eigenvalue weighted by atomic mass is 16.4. The third-order valence-corrected chi connectivity index (χ3v) is 4.17. The zero-order chi connectivity index (χ0) is 14.5. The Morgan fingerprint density at radius 1 is 1.40 bits per heavy atom. The number of hydrogen-bond donors (Lipinski definition) is 3. The average molecular weight is 281 g/mol. The van der Waals surface area contributed by atoms with Crippen LogP contribution in [-0.2, 0) is 6.54 Å². The number of carboxylic acid groups (broad SMARTS) is 1. The maximum Gasteiger partial charge on any atom is 0.372 e. The molecule has 112 valence electrons. The molecule has 2 atom stereocenters. The Hall–Kier alpha value is -1.33. The Morgan fingerprint density at radius 3 is 2.70 bits per heavy atom. The fraction of sp³-hybridized carbons (Fsp3) is 0.667. The summed E-state index contributed by atoms with van der Waals surface area (Å²) in [6.07, 6.45) is 4.69. The number of rotatable bonds is 6. The van der Waals surface area contributed by atoms with E-state index in [1.807, 2.05) is 0 Å². The number of carbonyl (C=O) groups is 1. The lowest BCUT2D eigenvalue weighted by Gasteiger charge is -2.30. The van der Waals surface area contributed by atoms with Crippen molar-refractivity contribution in [3.05, 3.63) is 23.2 Å². The van der Waals surface area contributed by atoms with E-state index in [0.29, 0.717) is 29.7 Å². The van der Waals surface area contributed by atoms with Crippen molar-refractivity contribution >= 4 is 5.97 Å². The third-order valence-electron chi connectivity index (χ3n) is 4.17. The first kappa shape index (κ1) is 15.1. The lowest BCUT2D eigenvalue weighted by Crippen LogP contribution is -2.32. The van der Waals surface area contributed by atoms with Gasteiger partial charge in [-0.25, -0.2) is 4.79 Å². The molecule has 0 spiro atoms. The Labute approximate surface area is 119 Å². The maximum atomic E-state index is 10.9. The first-order valence-corrected chi connectivity index (χ1v) is 7.26. The lowest BCUT2D eigenvalue weighted by molar-refractivity contribution is 0.0659. The van der Waals surface area contributed by atoms with Crippen molar-refractivity contribution in [3.63, 3.8) is 0 Å². The van der Waals surface area contributed by atoms with Crippen LogP contribution in [0.15, 0.2) is 10.5 Å². The van der Waals surface area contributed by atoms with Crippen LogP contribution in [0.4, 0.5) is 0 Å². The molecule has 5 nitrogen and oxygen atoms in total. The summed E-state index contributed by atoms with van der Waals surface area (Å²) in [4.78, 5) is 10.9. The van der Waals surface area contributed by atoms with Gasteiger partial charge in [-0.1, -0.05) is 12.8 Å². The summed E-state index contributed by atoms with van der Waals surface area (Å²) in [6.45, 7) is 3.37. The van der Waals surface area contributed by atoms with Gasteiger partial charge >= 0.3 is 5.97 Å². The van der Waals surface area contributed by atoms with Crippen LogP contribution < -0.4 is 5.32 Å². The summed E-state index contributed by atoms with van der Waals surface area (Å²) in [6, 6.07) is 1.76. The van der Waals surface area contributed by atoms with E-state index in [9.17, 15) is 9.90 Å². The molecule has 20 heavy (non-hydrogen) atoms. The van der Waals surface area contributed by atoms with E-state index in [2.05, 4.69) is 5.32 Å². The molecule has 1 aromatic heterocycles. The highest BCUT2D eigenvalue weighted by molar-refractivity contribution is 5.86. The van der Waals surface area contributed by atoms with Crippen LogP contribution in [0.2, 0.25) is 0 Å². The summed E-state index contributed by atoms with van der Waals surface area (Å²) in [7, 11) is 0. The molecule has 1 fully saturated rings. The van der Waals surface area contributed by atoms with Crippen LogP contribution >= 0.6 is 0 Å². The predicted molar refractivity (Wildman–Crippen MR) is 74.6 cm³/mol. The van der Waals surface area contributed by atoms with E-state index in [0.717, 1.165) is 19.4 Å². The second-order valence-corrected chi connectivity index (χ2v) is 5.65. The average Bonchev–Trinajstić information content (AvgIpc) is 2.80. The monoisotopic (exact) mass is 281 g/mol. The Balaban J connectivity index is 1.83. The molecule has 0 radical (unpaired) electrons. The number of carboxylic acids is 1. The van der Waals surface area contributed by atoms with E-state index in [4.69, 9.17) is 9.52 Å². The minimum Gasteiger partial charge on any atom is -0.475 e. The molecule has 2 rings (SSSR count). The number of aliphatic hydroxyl groups excluding tert-OH is 1. The van der Waals surface area contributed by atoms with Crippen molar-refractivity contribution in [1.82, 2.24) is 5.32 Å². The fourth-order valence-electron chi connectivity index (χ4n) is 3.02. The number of aromatic carboxylic acids is 1. The highest BCUT2D eigenvalue weighted by Gasteiger charge is 2.24. The second kappa shape index (κ2) is 6.90. The van der Waals surface area contributed by atoms with Gasteiger partial charge in [-0.2, -0.15) is 0 Å². The smallest absolute Gasteiger partial charge is 0.372 e. The van der Waals surface area contributed by atoms with Crippen LogP contribution in [0.3, 0.4) is 0 Å². The molecular weight excluding hydrogens is 258 g/mol. The van der Waals surface area contributed by atoms with Crippen LogP contribution in [-0.4, -0.2) is 29.3 Å². The van der Waals surface area contributed by atoms with Crippen molar-refractivity contribution in [2.24, 2.45) is 11.8 Å². The normalized spacial score (nSPS) is 22.9. The molecule has 1 aromatic rings. The number of hydrogen-bond acceptors (Lipinski definition) is 4. The molecule has 1 aliphatic carbocycles. The van der Waals surface area contributed by atoms with Crippen LogP contribution in [0, 0.1) is 18.8 Å². The molecule has 0 aliphatic heterocycles. The van der Waals surface area contributed by atoms with E-state index >= 15 is 0 Å². The van der Waals surface area contributed by atoms with Crippen LogP contribution in [0.25, 0.3) is 0 Å². The van der Waals surface area contributed by atoms with Gasteiger partial charge in [0.05, 0.1) is 6.54 Å². The molecule has 0 amide bonds. The van der Waals surface area contributed by atoms with Gasteiger partial charge in [0.1, 0.15) is 5.76 Å². The summed E-state index contributed by atoms with van der Waals surface area (Å²) >= 11 is 0. The Kier molecular flexibility index (Phi) is 5.20. The molecular formula is C15H23NO4. The molecule has 1 heterocycles. The van der Waals surface area contributed by atoms with E-state index in [-0.39, 0.29) is 12.4 Å². The van der Waals surface area contributed by atoms with Crippen LogP contribution in [0.5, 0.6) is 0 Å². The third kappa shape index (κ3) is 3.61. The zero-order valence-electron chi connectivity index (χ0n) is 11.9. The van der Waals surface area contributed by atoms with Crippen molar-refractivity contribution < 1.29 is 19.4 Å². The Bertz CT molecular complexity index is 455. The number of furan rings is 1. The number of aryl methyl sites for hydroxylation is 1. The fourth-order valence-corrected chi connectivity index (χ4v) is 3.02. The number of nitrogens with one attached hydrogen (secondary N) is 1. The molecule has 2 unspecified atom stereocenters. The summed E-state index contributed by atoms with van der Waals surface area (Å²) in [5, 5.41) is 21.6. The second-order valence-electron chi connectivity index (χ2n) is 5.65. The predicted octanol–water partition coefficient (Wildman–Crippen LogP) is 2.17. The van der Waals surface area contributed by atoms with Gasteiger partial charge in [-0.15, -0.1) is 0 Å². The highest BCUT2D eigenvalue weighted by Crippen LogP contribution is 2.29. The van der Waals surface area contributed by atoms with Gasteiger partial charge in [0.2, 0.25) is 5.76 Å². The van der Waals surface area contributed by atoms with Crippen molar-refractivity contribution in [1.29, 1.82) is 0 Å². The SMILES string of the molecule is Cc1cc(CNCC2CCCCC2CO)oc1C(=O)O. The summed E-state index contributed by atoms with van der Waals surface area (Å²) in [5.41, 5.74) is 0.653. The minimum absolute atomic E-state index is 0.0210. The Morgan fingerprint density at radius 2 is 2.10 bits per heavy atom. The van der Waals surface area contributed by atoms with Crippen molar-refractivity contribution in [2.75, 3.05) is 13.2 Å². The van der Waals surface area contributed by atoms with Gasteiger partial charge in [-0.3, -0.25) is 0 Å². The van der Waals surface area contributed by atoms with E-state index in [1.165, 1.54) is 12.8 Å². The molecule has 5 heteroatoms.